The van der Waals surface area contributed by atoms with Crippen LogP contribution in [0.4, 0.5) is 0 Å². The molecule has 0 amide bonds. The van der Waals surface area contributed by atoms with E-state index in [1.54, 1.807) is 25.1 Å². The van der Waals surface area contributed by atoms with Gasteiger partial charge in [0.25, 0.3) is 0 Å². The first-order chi connectivity index (χ1) is 5.93. The van der Waals surface area contributed by atoms with E-state index < -0.39 is 10.0 Å². The zero-order valence-electron chi connectivity index (χ0n) is 7.27. The van der Waals surface area contributed by atoms with Gasteiger partial charge in [-0.25, -0.2) is 13.6 Å². The predicted molar refractivity (Wildman–Crippen MR) is 50.4 cm³/mol. The van der Waals surface area contributed by atoms with E-state index in [0.717, 1.165) is 0 Å². The maximum atomic E-state index is 11.1. The van der Waals surface area contributed by atoms with E-state index in [1.807, 2.05) is 0 Å². The summed E-state index contributed by atoms with van der Waals surface area (Å²) in [5, 5.41) is 5.01. The van der Waals surface area contributed by atoms with Crippen molar-refractivity contribution in [3.63, 3.8) is 0 Å². The highest BCUT2D eigenvalue weighted by atomic mass is 32.2. The van der Waals surface area contributed by atoms with Gasteiger partial charge in [0, 0.05) is 6.04 Å². The fraction of sp³-hybridized carbons (Fsp3) is 0.250. The number of hydrogen-bond acceptors (Lipinski definition) is 3. The molecular weight excluding hydrogens is 188 g/mol. The average molecular weight is 200 g/mol. The maximum Gasteiger partial charge on any atom is 0.238 e. The third-order valence-electron chi connectivity index (χ3n) is 1.72. The summed E-state index contributed by atoms with van der Waals surface area (Å²) in [4.78, 5) is 0.102. The van der Waals surface area contributed by atoms with Crippen molar-refractivity contribution in [1.82, 2.24) is 0 Å². The fourth-order valence-corrected chi connectivity index (χ4v) is 1.97. The molecule has 0 saturated carbocycles. The van der Waals surface area contributed by atoms with Crippen LogP contribution in [0, 0.1) is 0 Å². The molecule has 0 aliphatic carbocycles. The lowest BCUT2D eigenvalue weighted by atomic mass is 10.1. The van der Waals surface area contributed by atoms with Crippen LogP contribution >= 0.6 is 0 Å². The highest BCUT2D eigenvalue weighted by molar-refractivity contribution is 7.89. The minimum atomic E-state index is -3.66. The van der Waals surface area contributed by atoms with Crippen LogP contribution in [0.2, 0.25) is 0 Å². The summed E-state index contributed by atoms with van der Waals surface area (Å²) in [6.07, 6.45) is 0. The summed E-state index contributed by atoms with van der Waals surface area (Å²) >= 11 is 0. The number of hydrogen-bond donors (Lipinski definition) is 2. The van der Waals surface area contributed by atoms with E-state index in [-0.39, 0.29) is 10.9 Å². The van der Waals surface area contributed by atoms with Gasteiger partial charge in [0.15, 0.2) is 0 Å². The quantitative estimate of drug-likeness (QED) is 0.722. The topological polar surface area (TPSA) is 86.2 Å². The largest absolute Gasteiger partial charge is 0.324 e. The van der Waals surface area contributed by atoms with Gasteiger partial charge in [-0.3, -0.25) is 0 Å². The Morgan fingerprint density at radius 1 is 1.31 bits per heavy atom. The molecule has 0 heterocycles. The van der Waals surface area contributed by atoms with Gasteiger partial charge in [-0.1, -0.05) is 18.2 Å². The SMILES string of the molecule is CC(N)c1ccccc1S(N)(=O)=O. The molecule has 1 rings (SSSR count). The Bertz CT molecular complexity index is 398. The van der Waals surface area contributed by atoms with Crippen LogP contribution in [0.5, 0.6) is 0 Å². The van der Waals surface area contributed by atoms with Gasteiger partial charge in [-0.05, 0) is 18.6 Å². The average Bonchev–Trinajstić information content (AvgIpc) is 2.03. The lowest BCUT2D eigenvalue weighted by molar-refractivity contribution is 0.595. The lowest BCUT2D eigenvalue weighted by Crippen LogP contribution is -2.17. The van der Waals surface area contributed by atoms with Crippen molar-refractivity contribution >= 4 is 10.0 Å². The second kappa shape index (κ2) is 3.45. The van der Waals surface area contributed by atoms with Crippen molar-refractivity contribution in [1.29, 1.82) is 0 Å². The Balaban J connectivity index is 3.37. The Hall–Kier alpha value is -0.910. The molecule has 1 unspecified atom stereocenters. The van der Waals surface area contributed by atoms with Gasteiger partial charge in [-0.15, -0.1) is 0 Å². The molecule has 4 nitrogen and oxygen atoms in total. The smallest absolute Gasteiger partial charge is 0.238 e. The summed E-state index contributed by atoms with van der Waals surface area (Å²) in [5.41, 5.74) is 6.14. The molecule has 1 aromatic carbocycles. The molecule has 0 spiro atoms. The molecule has 0 aromatic heterocycles. The van der Waals surface area contributed by atoms with E-state index in [2.05, 4.69) is 0 Å². The van der Waals surface area contributed by atoms with Crippen LogP contribution < -0.4 is 10.9 Å². The van der Waals surface area contributed by atoms with E-state index in [4.69, 9.17) is 10.9 Å². The van der Waals surface area contributed by atoms with Gasteiger partial charge in [0.05, 0.1) is 4.90 Å². The Morgan fingerprint density at radius 2 is 1.85 bits per heavy atom. The number of sulfonamides is 1. The molecular formula is C8H12N2O2S. The maximum absolute atomic E-state index is 11.1. The Morgan fingerprint density at radius 3 is 2.23 bits per heavy atom. The molecule has 0 saturated heterocycles. The second-order valence-corrected chi connectivity index (χ2v) is 4.40. The molecule has 1 atom stereocenters. The number of rotatable bonds is 2. The first-order valence-corrected chi connectivity index (χ1v) is 5.35. The van der Waals surface area contributed by atoms with Crippen molar-refractivity contribution in [3.05, 3.63) is 29.8 Å². The Kier molecular flexibility index (Phi) is 2.70. The van der Waals surface area contributed by atoms with E-state index in [0.29, 0.717) is 5.56 Å². The van der Waals surface area contributed by atoms with Crippen LogP contribution in [0.25, 0.3) is 0 Å². The molecule has 5 heteroatoms. The van der Waals surface area contributed by atoms with Crippen LogP contribution in [0.1, 0.15) is 18.5 Å². The van der Waals surface area contributed by atoms with Crippen molar-refractivity contribution in [2.75, 3.05) is 0 Å². The minimum absolute atomic E-state index is 0.102. The summed E-state index contributed by atoms with van der Waals surface area (Å²) in [7, 11) is -3.66. The highest BCUT2D eigenvalue weighted by Crippen LogP contribution is 2.18. The molecule has 0 bridgehead atoms. The van der Waals surface area contributed by atoms with Gasteiger partial charge in [0.1, 0.15) is 0 Å². The van der Waals surface area contributed by atoms with E-state index in [9.17, 15) is 8.42 Å². The third kappa shape index (κ3) is 2.27. The normalized spacial score (nSPS) is 14.1. The monoisotopic (exact) mass is 200 g/mol. The van der Waals surface area contributed by atoms with Crippen LogP contribution in [0.3, 0.4) is 0 Å². The summed E-state index contributed by atoms with van der Waals surface area (Å²) in [6, 6.07) is 6.12. The predicted octanol–water partition coefficient (Wildman–Crippen LogP) is 0.354. The van der Waals surface area contributed by atoms with Gasteiger partial charge in [0.2, 0.25) is 10.0 Å². The first-order valence-electron chi connectivity index (χ1n) is 3.80. The molecule has 1 aromatic rings. The third-order valence-corrected chi connectivity index (χ3v) is 2.70. The number of benzene rings is 1. The van der Waals surface area contributed by atoms with Gasteiger partial charge < -0.3 is 5.73 Å². The van der Waals surface area contributed by atoms with Crippen LogP contribution in [0.15, 0.2) is 29.2 Å². The first kappa shape index (κ1) is 10.2. The zero-order chi connectivity index (χ0) is 10.1. The summed E-state index contributed by atoms with van der Waals surface area (Å²) in [5.74, 6) is 0. The molecule has 4 N–H and O–H groups in total. The van der Waals surface area contributed by atoms with Crippen molar-refractivity contribution in [2.24, 2.45) is 10.9 Å². The van der Waals surface area contributed by atoms with Crippen molar-refractivity contribution < 1.29 is 8.42 Å². The highest BCUT2D eigenvalue weighted by Gasteiger charge is 2.14. The van der Waals surface area contributed by atoms with Gasteiger partial charge in [-0.2, -0.15) is 0 Å². The molecule has 0 fully saturated rings. The minimum Gasteiger partial charge on any atom is -0.324 e. The van der Waals surface area contributed by atoms with E-state index >= 15 is 0 Å². The molecule has 72 valence electrons. The zero-order valence-corrected chi connectivity index (χ0v) is 8.08. The van der Waals surface area contributed by atoms with Crippen LogP contribution in [-0.4, -0.2) is 8.42 Å². The summed E-state index contributed by atoms with van der Waals surface area (Å²) in [6.45, 7) is 1.71. The molecule has 0 radical (unpaired) electrons. The van der Waals surface area contributed by atoms with Crippen molar-refractivity contribution in [2.45, 2.75) is 17.9 Å². The number of primary sulfonamides is 1. The molecule has 0 aliphatic rings. The van der Waals surface area contributed by atoms with Crippen molar-refractivity contribution in [3.8, 4) is 0 Å². The standard InChI is InChI=1S/C8H12N2O2S/c1-6(9)7-4-2-3-5-8(7)13(10,11)12/h2-6H,9H2,1H3,(H2,10,11,12). The van der Waals surface area contributed by atoms with Gasteiger partial charge >= 0.3 is 0 Å². The van der Waals surface area contributed by atoms with E-state index in [1.165, 1.54) is 6.07 Å². The lowest BCUT2D eigenvalue weighted by Gasteiger charge is -2.09. The fourth-order valence-electron chi connectivity index (χ4n) is 1.12. The number of nitrogens with two attached hydrogens (primary N) is 2. The molecule has 13 heavy (non-hydrogen) atoms. The summed E-state index contributed by atoms with van der Waals surface area (Å²) < 4.78 is 22.2. The van der Waals surface area contributed by atoms with Crippen LogP contribution in [-0.2, 0) is 10.0 Å². The Labute approximate surface area is 77.6 Å². The second-order valence-electron chi connectivity index (χ2n) is 2.87. The molecule has 0 aliphatic heterocycles.